The van der Waals surface area contributed by atoms with Gasteiger partial charge in [0, 0.05) is 24.0 Å². The molecule has 3 aliphatic heterocycles. The van der Waals surface area contributed by atoms with Gasteiger partial charge in [-0.05, 0) is 113 Å². The molecular weight excluding hydrogens is 656 g/mol. The van der Waals surface area contributed by atoms with Gasteiger partial charge in [-0.2, -0.15) is 0 Å². The third-order valence-electron chi connectivity index (χ3n) is 10.2. The first kappa shape index (κ1) is 34.0. The average Bonchev–Trinajstić information content (AvgIpc) is 3.87. The Kier molecular flexibility index (Phi) is 8.04. The van der Waals surface area contributed by atoms with Crippen LogP contribution in [0.1, 0.15) is 97.5 Å². The Morgan fingerprint density at radius 1 is 0.808 bits per heavy atom. The summed E-state index contributed by atoms with van der Waals surface area (Å²) in [4.78, 5) is 46.6. The van der Waals surface area contributed by atoms with Crippen LogP contribution >= 0.6 is 0 Å². The summed E-state index contributed by atoms with van der Waals surface area (Å²) in [5.41, 5.74) is 5.81. The van der Waals surface area contributed by atoms with E-state index in [0.717, 1.165) is 80.0 Å². The lowest BCUT2D eigenvalue weighted by atomic mass is 9.92. The molecule has 2 amide bonds. The number of rotatable bonds is 3. The van der Waals surface area contributed by atoms with E-state index in [1.165, 1.54) is 0 Å². The SMILES string of the molecule is C[C@H]1CC(c2nc3c(ccc4cc5c(cc43)OCc3cc(-c4cnc([C@@H]6C[C@H](C)CN6C(=O)OC(C)(C)C)[nH]4)ccc3-5)[nH]2)N(C(=O)OC(C)(C)C)C1. The molecule has 0 spiro atoms. The molecule has 0 aliphatic carbocycles. The van der Waals surface area contributed by atoms with Crippen molar-refractivity contribution in [1.29, 1.82) is 0 Å². The van der Waals surface area contributed by atoms with Crippen LogP contribution in [0.5, 0.6) is 5.75 Å². The van der Waals surface area contributed by atoms with Crippen LogP contribution in [-0.4, -0.2) is 66.2 Å². The lowest BCUT2D eigenvalue weighted by Crippen LogP contribution is -2.37. The zero-order chi connectivity index (χ0) is 36.7. The number of hydrogen-bond acceptors (Lipinski definition) is 7. The van der Waals surface area contributed by atoms with Gasteiger partial charge in [0.1, 0.15) is 35.2 Å². The second-order valence-corrected chi connectivity index (χ2v) is 17.0. The van der Waals surface area contributed by atoms with Crippen LogP contribution in [0.2, 0.25) is 0 Å². The number of aromatic amines is 2. The average molecular weight is 705 g/mol. The monoisotopic (exact) mass is 704 g/mol. The second-order valence-electron chi connectivity index (χ2n) is 17.0. The zero-order valence-corrected chi connectivity index (χ0v) is 31.3. The lowest BCUT2D eigenvalue weighted by Gasteiger charge is -2.27. The van der Waals surface area contributed by atoms with Crippen molar-refractivity contribution in [3.63, 3.8) is 0 Å². The van der Waals surface area contributed by atoms with Gasteiger partial charge in [0.25, 0.3) is 0 Å². The highest BCUT2D eigenvalue weighted by Crippen LogP contribution is 2.44. The van der Waals surface area contributed by atoms with E-state index in [2.05, 4.69) is 66.3 Å². The van der Waals surface area contributed by atoms with E-state index in [-0.39, 0.29) is 24.3 Å². The molecule has 52 heavy (non-hydrogen) atoms. The number of carbonyl (C=O) groups excluding carboxylic acids is 2. The summed E-state index contributed by atoms with van der Waals surface area (Å²) in [5, 5.41) is 2.06. The third kappa shape index (κ3) is 6.34. The predicted molar refractivity (Wildman–Crippen MR) is 200 cm³/mol. The summed E-state index contributed by atoms with van der Waals surface area (Å²) >= 11 is 0. The highest BCUT2D eigenvalue weighted by atomic mass is 16.6. The number of ether oxygens (including phenoxy) is 3. The highest BCUT2D eigenvalue weighted by molar-refractivity contribution is 6.07. The molecule has 2 fully saturated rings. The Morgan fingerprint density at radius 2 is 1.46 bits per heavy atom. The summed E-state index contributed by atoms with van der Waals surface area (Å²) in [6.45, 7) is 17.3. The number of H-pyrrole nitrogens is 2. The van der Waals surface area contributed by atoms with Gasteiger partial charge in [-0.3, -0.25) is 9.80 Å². The zero-order valence-electron chi connectivity index (χ0n) is 31.3. The Balaban J connectivity index is 1.06. The number of nitrogens with zero attached hydrogens (tertiary/aromatic N) is 4. The maximum Gasteiger partial charge on any atom is 0.410 e. The van der Waals surface area contributed by atoms with Crippen molar-refractivity contribution < 1.29 is 23.8 Å². The first-order valence-electron chi connectivity index (χ1n) is 18.4. The highest BCUT2D eigenvalue weighted by Gasteiger charge is 2.40. The quantitative estimate of drug-likeness (QED) is 0.192. The number of aromatic nitrogens is 4. The minimum Gasteiger partial charge on any atom is -0.488 e. The normalized spacial score (nSPS) is 21.7. The molecule has 4 atom stereocenters. The molecule has 11 nitrogen and oxygen atoms in total. The summed E-state index contributed by atoms with van der Waals surface area (Å²) in [6, 6.07) is 14.5. The van der Waals surface area contributed by atoms with Crippen molar-refractivity contribution in [3.05, 3.63) is 65.9 Å². The maximum absolute atomic E-state index is 13.1. The minimum absolute atomic E-state index is 0.164. The minimum atomic E-state index is -0.569. The van der Waals surface area contributed by atoms with E-state index >= 15 is 0 Å². The Hall–Kier alpha value is -5.06. The maximum atomic E-state index is 13.1. The van der Waals surface area contributed by atoms with E-state index in [1.54, 1.807) is 4.90 Å². The fourth-order valence-electron chi connectivity index (χ4n) is 7.94. The Morgan fingerprint density at radius 3 is 2.12 bits per heavy atom. The molecule has 0 saturated carbocycles. The number of imidazole rings is 2. The first-order valence-corrected chi connectivity index (χ1v) is 18.4. The molecule has 1 unspecified atom stereocenters. The van der Waals surface area contributed by atoms with Crippen molar-refractivity contribution in [2.24, 2.45) is 11.8 Å². The molecule has 2 aromatic heterocycles. The second kappa shape index (κ2) is 12.3. The van der Waals surface area contributed by atoms with Crippen molar-refractivity contribution in [2.75, 3.05) is 13.1 Å². The molecule has 2 N–H and O–H groups in total. The van der Waals surface area contributed by atoms with Crippen molar-refractivity contribution in [2.45, 2.75) is 98.1 Å². The van der Waals surface area contributed by atoms with Crippen molar-refractivity contribution in [3.8, 4) is 28.1 Å². The molecule has 8 rings (SSSR count). The van der Waals surface area contributed by atoms with Crippen LogP contribution in [0, 0.1) is 11.8 Å². The van der Waals surface area contributed by atoms with Crippen LogP contribution in [0.15, 0.2) is 48.7 Å². The van der Waals surface area contributed by atoms with Crippen LogP contribution < -0.4 is 4.74 Å². The number of amides is 2. The van der Waals surface area contributed by atoms with Crippen molar-refractivity contribution in [1.82, 2.24) is 29.7 Å². The lowest BCUT2D eigenvalue weighted by molar-refractivity contribution is 0.0204. The third-order valence-corrected chi connectivity index (χ3v) is 10.2. The molecule has 11 heteroatoms. The van der Waals surface area contributed by atoms with E-state index < -0.39 is 11.2 Å². The summed E-state index contributed by atoms with van der Waals surface area (Å²) in [7, 11) is 0. The number of nitrogens with one attached hydrogen (secondary N) is 2. The van der Waals surface area contributed by atoms with Gasteiger partial charge in [-0.1, -0.05) is 32.0 Å². The van der Waals surface area contributed by atoms with Gasteiger partial charge in [0.2, 0.25) is 0 Å². The van der Waals surface area contributed by atoms with Crippen LogP contribution in [0.3, 0.4) is 0 Å². The van der Waals surface area contributed by atoms with Crippen LogP contribution in [0.4, 0.5) is 9.59 Å². The van der Waals surface area contributed by atoms with E-state index in [4.69, 9.17) is 24.2 Å². The van der Waals surface area contributed by atoms with E-state index in [1.807, 2.05) is 52.6 Å². The molecule has 272 valence electrons. The fourth-order valence-corrected chi connectivity index (χ4v) is 7.94. The summed E-state index contributed by atoms with van der Waals surface area (Å²) < 4.78 is 17.9. The Labute approximate surface area is 304 Å². The predicted octanol–water partition coefficient (Wildman–Crippen LogP) is 9.30. The molecule has 5 heterocycles. The number of fused-ring (bicyclic) bond motifs is 6. The molecule has 0 radical (unpaired) electrons. The molecule has 5 aromatic rings. The van der Waals surface area contributed by atoms with E-state index in [0.29, 0.717) is 31.5 Å². The standard InChI is InChI=1S/C41H48N6O5/c1-22-13-32(46(19-22)38(48)51-40(3,4)5)36-42-18-31(44-36)25-9-11-27-26(15-25)21-50-34-17-28-24(16-29(27)34)10-12-30-35(28)45-37(43-30)33-14-23(2)20-47(33)39(49)52-41(6,7)8/h9-12,15-18,22-23,32-33H,13-14,19-21H2,1-8H3,(H,42,44)(H,43,45)/t22-,23-,32-,33?/m0/s1. The fraction of sp³-hybridized carbons (Fsp3) is 0.463. The van der Waals surface area contributed by atoms with E-state index in [9.17, 15) is 9.59 Å². The largest absolute Gasteiger partial charge is 0.488 e. The molecule has 3 aliphatic rings. The molecule has 0 bridgehead atoms. The van der Waals surface area contributed by atoms with Gasteiger partial charge in [0.05, 0.1) is 35.0 Å². The summed E-state index contributed by atoms with van der Waals surface area (Å²) in [6.07, 6.45) is 2.88. The van der Waals surface area contributed by atoms with Gasteiger partial charge in [0.15, 0.2) is 0 Å². The van der Waals surface area contributed by atoms with Crippen LogP contribution in [0.25, 0.3) is 44.2 Å². The van der Waals surface area contributed by atoms with Gasteiger partial charge in [-0.25, -0.2) is 19.6 Å². The molecule has 2 saturated heterocycles. The summed E-state index contributed by atoms with van der Waals surface area (Å²) in [5.74, 6) is 3.04. The smallest absolute Gasteiger partial charge is 0.410 e. The van der Waals surface area contributed by atoms with Gasteiger partial charge in [-0.15, -0.1) is 0 Å². The molecular formula is C41H48N6O5. The van der Waals surface area contributed by atoms with Gasteiger partial charge >= 0.3 is 12.2 Å². The number of benzene rings is 3. The number of carbonyl (C=O) groups is 2. The number of hydrogen-bond donors (Lipinski definition) is 2. The molecule has 3 aromatic carbocycles. The first-order chi connectivity index (χ1) is 24.6. The van der Waals surface area contributed by atoms with Crippen molar-refractivity contribution >= 4 is 34.0 Å². The number of likely N-dealkylation sites (tertiary alicyclic amines) is 2. The van der Waals surface area contributed by atoms with Gasteiger partial charge < -0.3 is 24.2 Å². The van der Waals surface area contributed by atoms with Crippen LogP contribution in [-0.2, 0) is 16.1 Å². The Bertz CT molecular complexity index is 2210. The topological polar surface area (TPSA) is 126 Å².